The van der Waals surface area contributed by atoms with Crippen molar-refractivity contribution in [2.75, 3.05) is 39.6 Å². The molecule has 0 N–H and O–H groups in total. The highest BCUT2D eigenvalue weighted by atomic mass is 28.6. The lowest BCUT2D eigenvalue weighted by atomic mass is 10.4. The van der Waals surface area contributed by atoms with Crippen molar-refractivity contribution < 1.29 is 77.8 Å². The van der Waals surface area contributed by atoms with Gasteiger partial charge in [0, 0.05) is 44.3 Å². The zero-order valence-electron chi connectivity index (χ0n) is 50.7. The van der Waals surface area contributed by atoms with Gasteiger partial charge >= 0.3 is 86.6 Å². The van der Waals surface area contributed by atoms with E-state index >= 15 is 0 Å². The second-order valence-corrected chi connectivity index (χ2v) is 57.0. The summed E-state index contributed by atoms with van der Waals surface area (Å²) in [6, 6.07) is 80.9. The van der Waals surface area contributed by atoms with Gasteiger partial charge in [-0.25, -0.2) is 0 Å². The summed E-state index contributed by atoms with van der Waals surface area (Å²) >= 11 is 0. The molecule has 472 valence electrons. The topological polar surface area (TPSA) is 173 Å². The average Bonchev–Trinajstić information content (AvgIpc) is 1.19. The van der Waals surface area contributed by atoms with E-state index in [2.05, 4.69) is 37.4 Å². The van der Waals surface area contributed by atoms with Crippen LogP contribution in [0.25, 0.3) is 0 Å². The van der Waals surface area contributed by atoms with Crippen molar-refractivity contribution in [1.29, 1.82) is 0 Å². The summed E-state index contributed by atoms with van der Waals surface area (Å²) in [5, 5.41) is 0.768. The molecular weight excluding hydrogens is 1340 g/mol. The predicted octanol–water partition coefficient (Wildman–Crippen LogP) is 4.40. The summed E-state index contributed by atoms with van der Waals surface area (Å²) < 4.78 is 146. The van der Waals surface area contributed by atoms with Gasteiger partial charge in [0.15, 0.2) is 0 Å². The van der Waals surface area contributed by atoms with Gasteiger partial charge in [-0.2, -0.15) is 0 Å². The molecule has 28 heteroatoms. The van der Waals surface area contributed by atoms with Crippen molar-refractivity contribution in [3.8, 4) is 0 Å². The molecule has 2 spiro atoms. The summed E-state index contributed by atoms with van der Waals surface area (Å²) in [6.07, 6.45) is 1.11. The van der Waals surface area contributed by atoms with Crippen LogP contribution >= 0.6 is 0 Å². The minimum atomic E-state index is -5.14. The van der Waals surface area contributed by atoms with E-state index in [-0.39, 0.29) is 12.2 Å². The maximum atomic E-state index is 9.09. The Kier molecular flexibility index (Phi) is 15.2. The van der Waals surface area contributed by atoms with Gasteiger partial charge < -0.3 is 77.8 Å². The molecule has 8 aromatic carbocycles. The number of ether oxygens (including phenoxy) is 4. The Bertz CT molecular complexity index is 3690. The van der Waals surface area contributed by atoms with E-state index in [1.54, 1.807) is 0 Å². The standard InChI is InChI=1S/C64H68O18Si10/c1-83(47-27-45-65-49-53-51-67-53)73-87(57-33-15-5-16-34-57)69-63-71-89(79-87,59-37-19-7-20-38-59)82-92(62-43-25-10-26-44-62)76-84(2,48-28-46-66-50-54-52-68-54)74-88(58-35-17-6-18-36-58)70-64(86(63,78-92)56-31-13-4-14-32-56)72-90(80-88,60-39-21-8-22-40-60)81-91(75-83,61-41-23-9-24-42-61)77-85(63,64)55-29-11-3-12-30-55/h3-26,29-44,53-54H,27-28,45-52H2,1-2H3. The lowest BCUT2D eigenvalue weighted by Gasteiger charge is -2.76. The highest BCUT2D eigenvalue weighted by Crippen LogP contribution is 2.70. The van der Waals surface area contributed by atoms with E-state index in [1.807, 2.05) is 218 Å². The van der Waals surface area contributed by atoms with Gasteiger partial charge in [0.25, 0.3) is 0 Å². The molecule has 9 aliphatic heterocycles. The molecule has 9 aliphatic rings. The minimum absolute atomic E-state index is 0.0557. The van der Waals surface area contributed by atoms with E-state index in [0.29, 0.717) is 106 Å². The number of rotatable bonds is 20. The second-order valence-electron chi connectivity index (χ2n) is 24.8. The maximum Gasteiger partial charge on any atom is 0.524 e. The molecule has 9 saturated heterocycles. The normalized spacial score (nSPS) is 38.5. The molecule has 10 atom stereocenters. The van der Waals surface area contributed by atoms with E-state index in [4.69, 9.17) is 77.8 Å². The number of hydrogen-bond acceptors (Lipinski definition) is 18. The third kappa shape index (κ3) is 9.57. The van der Waals surface area contributed by atoms with Gasteiger partial charge in [0.2, 0.25) is 10.1 Å². The Morgan fingerprint density at radius 3 is 0.804 bits per heavy atom. The van der Waals surface area contributed by atoms with Crippen LogP contribution in [-0.2, 0) is 77.8 Å². The summed E-state index contributed by atoms with van der Waals surface area (Å²) in [7, 11) is -48.1. The number of epoxide rings is 2. The van der Waals surface area contributed by atoms with Crippen molar-refractivity contribution >= 4 is 128 Å². The Hall–Kier alpha value is -4.79. The van der Waals surface area contributed by atoms with Crippen molar-refractivity contribution in [3.63, 3.8) is 0 Å². The molecule has 0 amide bonds. The summed E-state index contributed by atoms with van der Waals surface area (Å²) in [4.78, 5) is 0. The van der Waals surface area contributed by atoms with Crippen LogP contribution < -0.4 is 41.5 Å². The Morgan fingerprint density at radius 2 is 0.533 bits per heavy atom. The molecule has 92 heavy (non-hydrogen) atoms. The van der Waals surface area contributed by atoms with Crippen LogP contribution in [0.5, 0.6) is 0 Å². The number of hydrogen-bond donors (Lipinski definition) is 0. The van der Waals surface area contributed by atoms with E-state index in [1.165, 1.54) is 0 Å². The molecule has 18 nitrogen and oxygen atoms in total. The van der Waals surface area contributed by atoms with E-state index in [9.17, 15) is 0 Å². The second kappa shape index (κ2) is 22.9. The van der Waals surface area contributed by atoms with Crippen LogP contribution in [0.1, 0.15) is 12.8 Å². The van der Waals surface area contributed by atoms with Crippen molar-refractivity contribution in [1.82, 2.24) is 0 Å². The van der Waals surface area contributed by atoms with Crippen molar-refractivity contribution in [2.45, 2.75) is 60.3 Å². The minimum Gasteiger partial charge on any atom is -0.401 e. The highest BCUT2D eigenvalue weighted by molar-refractivity contribution is 7.30. The molecule has 10 unspecified atom stereocenters. The molecule has 10 bridgehead atoms. The first-order chi connectivity index (χ1) is 44.9. The van der Waals surface area contributed by atoms with E-state index in [0.717, 1.165) is 0 Å². The van der Waals surface area contributed by atoms with Crippen LogP contribution in [0, 0.1) is 0 Å². The third-order valence-electron chi connectivity index (χ3n) is 18.4. The third-order valence-corrected chi connectivity index (χ3v) is 66.5. The van der Waals surface area contributed by atoms with Gasteiger partial charge in [0.1, 0.15) is 12.2 Å². The molecule has 0 aliphatic carbocycles. The Labute approximate surface area is 544 Å². The van der Waals surface area contributed by atoms with Gasteiger partial charge in [-0.05, 0) is 48.4 Å². The first-order valence-corrected chi connectivity index (χ1v) is 50.8. The SMILES string of the molecule is C[Si]1(CCCOCC2CO2)O[Si]2(c3ccccc3)OC34O[Si](c5ccccc5)(O2)O[Si]2(c5ccccc5)O[Si](C)(CCCOCC5CO5)O[Si]5(c6ccccc6)OC6(O[Si](c7ccccc7)(O5)O[Si](c5ccccc5)(O1)O[Si]63c1ccccc1)[Si]4(c1ccccc1)O2. The zero-order valence-corrected chi connectivity index (χ0v) is 60.7. The monoisotopic (exact) mass is 1400 g/mol. The van der Waals surface area contributed by atoms with Gasteiger partial charge in [-0.15, -0.1) is 0 Å². The van der Waals surface area contributed by atoms with Crippen LogP contribution in [0.3, 0.4) is 0 Å². The fourth-order valence-corrected chi connectivity index (χ4v) is 79.1. The molecule has 0 radical (unpaired) electrons. The first-order valence-electron chi connectivity index (χ1n) is 31.5. The number of fused-ring (bicyclic) bond motifs is 6. The largest absolute Gasteiger partial charge is 0.524 e. The van der Waals surface area contributed by atoms with Gasteiger partial charge in [-0.1, -0.05) is 243 Å². The Balaban J connectivity index is 1.07. The van der Waals surface area contributed by atoms with Gasteiger partial charge in [-0.3, -0.25) is 0 Å². The van der Waals surface area contributed by atoms with Crippen LogP contribution in [-0.4, -0.2) is 148 Å². The van der Waals surface area contributed by atoms with Crippen molar-refractivity contribution in [3.05, 3.63) is 243 Å². The molecule has 9 heterocycles. The molecule has 0 aromatic heterocycles. The Morgan fingerprint density at radius 1 is 0.304 bits per heavy atom. The van der Waals surface area contributed by atoms with E-state index < -0.39 is 96.7 Å². The smallest absolute Gasteiger partial charge is 0.401 e. The summed E-state index contributed by atoms with van der Waals surface area (Å²) in [5.41, 5.74) is 0. The predicted molar refractivity (Wildman–Crippen MR) is 358 cm³/mol. The quantitative estimate of drug-likeness (QED) is 0.0597. The molecule has 17 rings (SSSR count). The maximum absolute atomic E-state index is 9.09. The number of benzene rings is 8. The van der Waals surface area contributed by atoms with Crippen LogP contribution in [0.4, 0.5) is 0 Å². The summed E-state index contributed by atoms with van der Waals surface area (Å²) in [5.74, 6) is 0. The highest BCUT2D eigenvalue weighted by Gasteiger charge is 3.08. The first kappa shape index (κ1) is 60.8. The van der Waals surface area contributed by atoms with Gasteiger partial charge in [0.05, 0.1) is 26.4 Å². The zero-order chi connectivity index (χ0) is 61.9. The van der Waals surface area contributed by atoms with Crippen LogP contribution in [0.2, 0.25) is 25.2 Å². The molecule has 8 aromatic rings. The molecular formula is C64H68O18Si10. The summed E-state index contributed by atoms with van der Waals surface area (Å²) in [6.45, 7) is 7.14. The lowest BCUT2D eigenvalue weighted by molar-refractivity contribution is -0.179. The van der Waals surface area contributed by atoms with Crippen molar-refractivity contribution in [2.24, 2.45) is 0 Å². The molecule has 0 saturated carbocycles. The fourth-order valence-electron chi connectivity index (χ4n) is 14.3. The fraction of sp³-hybridized carbons (Fsp3) is 0.250. The molecule has 9 fully saturated rings. The van der Waals surface area contributed by atoms with Crippen LogP contribution in [0.15, 0.2) is 243 Å². The lowest BCUT2D eigenvalue weighted by Crippen LogP contribution is -3.14. The average molecular weight is 1410 g/mol.